The van der Waals surface area contributed by atoms with E-state index in [-0.39, 0.29) is 5.69 Å². The van der Waals surface area contributed by atoms with Crippen molar-refractivity contribution in [3.8, 4) is 0 Å². The molecular formula is C7H4BrClN2O3. The van der Waals surface area contributed by atoms with Gasteiger partial charge in [0.2, 0.25) is 0 Å². The number of halogens is 2. The lowest BCUT2D eigenvalue weighted by Gasteiger charge is -2.03. The lowest BCUT2D eigenvalue weighted by atomic mass is 10.4. The predicted octanol–water partition coefficient (Wildman–Crippen LogP) is 1.52. The van der Waals surface area contributed by atoms with Crippen LogP contribution in [0.5, 0.6) is 0 Å². The van der Waals surface area contributed by atoms with Gasteiger partial charge >= 0.3 is 11.9 Å². The first-order valence-corrected chi connectivity index (χ1v) is 4.53. The van der Waals surface area contributed by atoms with E-state index in [1.54, 1.807) is 0 Å². The molecule has 0 aromatic carbocycles. The summed E-state index contributed by atoms with van der Waals surface area (Å²) in [6, 6.07) is 1.39. The van der Waals surface area contributed by atoms with Crippen LogP contribution in [0.2, 0.25) is 5.02 Å². The number of aliphatic carboxylic acids is 1. The minimum absolute atomic E-state index is 0.213. The highest BCUT2D eigenvalue weighted by Gasteiger charge is 2.13. The molecule has 5 nitrogen and oxygen atoms in total. The highest BCUT2D eigenvalue weighted by Crippen LogP contribution is 2.22. The SMILES string of the molecule is O=C(O)C(=O)Nc1cc(Cl)cnc1Br. The average Bonchev–Trinajstić information content (AvgIpc) is 2.11. The maximum Gasteiger partial charge on any atom is 0.394 e. The highest BCUT2D eigenvalue weighted by atomic mass is 79.9. The molecule has 0 aliphatic heterocycles. The van der Waals surface area contributed by atoms with E-state index in [2.05, 4.69) is 26.2 Å². The van der Waals surface area contributed by atoms with Crippen LogP contribution >= 0.6 is 27.5 Å². The molecule has 1 aromatic heterocycles. The summed E-state index contributed by atoms with van der Waals surface area (Å²) in [7, 11) is 0. The summed E-state index contributed by atoms with van der Waals surface area (Å²) in [5.41, 5.74) is 0.213. The largest absolute Gasteiger partial charge is 0.474 e. The summed E-state index contributed by atoms with van der Waals surface area (Å²) in [5.74, 6) is -2.72. The Bertz CT molecular complexity index is 397. The Kier molecular flexibility index (Phi) is 3.43. The third-order valence-corrected chi connectivity index (χ3v) is 2.09. The van der Waals surface area contributed by atoms with E-state index in [1.165, 1.54) is 12.3 Å². The number of amides is 1. The molecule has 0 saturated carbocycles. The number of hydrogen-bond acceptors (Lipinski definition) is 3. The molecule has 0 fully saturated rings. The zero-order valence-electron chi connectivity index (χ0n) is 6.62. The molecule has 0 radical (unpaired) electrons. The van der Waals surface area contributed by atoms with Crippen molar-refractivity contribution in [3.63, 3.8) is 0 Å². The maximum atomic E-state index is 10.8. The van der Waals surface area contributed by atoms with E-state index in [0.29, 0.717) is 9.63 Å². The normalized spacial score (nSPS) is 9.57. The molecule has 0 atom stereocenters. The molecule has 1 rings (SSSR count). The van der Waals surface area contributed by atoms with Crippen LogP contribution in [-0.2, 0) is 9.59 Å². The number of nitrogens with zero attached hydrogens (tertiary/aromatic N) is 1. The molecule has 0 unspecified atom stereocenters. The number of pyridine rings is 1. The summed E-state index contributed by atoms with van der Waals surface area (Å²) in [5, 5.41) is 10.7. The first-order chi connectivity index (χ1) is 6.50. The lowest BCUT2D eigenvalue weighted by molar-refractivity contribution is -0.147. The number of carbonyl (C=O) groups excluding carboxylic acids is 1. The summed E-state index contributed by atoms with van der Waals surface area (Å²) in [6.45, 7) is 0. The van der Waals surface area contributed by atoms with Gasteiger partial charge in [0.25, 0.3) is 0 Å². The van der Waals surface area contributed by atoms with Crippen molar-refractivity contribution in [2.45, 2.75) is 0 Å². The number of carboxylic acids is 1. The van der Waals surface area contributed by atoms with E-state index in [9.17, 15) is 9.59 Å². The molecule has 0 spiro atoms. The predicted molar refractivity (Wildman–Crippen MR) is 53.2 cm³/mol. The van der Waals surface area contributed by atoms with Crippen molar-refractivity contribution in [2.24, 2.45) is 0 Å². The molecule has 0 aliphatic carbocycles. The molecule has 7 heteroatoms. The van der Waals surface area contributed by atoms with Crippen molar-refractivity contribution in [2.75, 3.05) is 5.32 Å². The fourth-order valence-corrected chi connectivity index (χ4v) is 1.16. The van der Waals surface area contributed by atoms with Gasteiger partial charge in [-0.05, 0) is 22.0 Å². The van der Waals surface area contributed by atoms with Crippen molar-refractivity contribution in [1.82, 2.24) is 4.98 Å². The van der Waals surface area contributed by atoms with E-state index in [0.717, 1.165) is 0 Å². The molecule has 1 amide bonds. The molecule has 0 saturated heterocycles. The van der Waals surface area contributed by atoms with Gasteiger partial charge in [-0.2, -0.15) is 0 Å². The number of carbonyl (C=O) groups is 2. The van der Waals surface area contributed by atoms with Gasteiger partial charge in [-0.25, -0.2) is 9.78 Å². The summed E-state index contributed by atoms with van der Waals surface area (Å²) < 4.78 is 0.316. The number of hydrogen-bond donors (Lipinski definition) is 2. The highest BCUT2D eigenvalue weighted by molar-refractivity contribution is 9.10. The summed E-state index contributed by atoms with van der Waals surface area (Å²) >= 11 is 8.63. The monoisotopic (exact) mass is 278 g/mol. The molecule has 14 heavy (non-hydrogen) atoms. The van der Waals surface area contributed by atoms with E-state index >= 15 is 0 Å². The zero-order valence-corrected chi connectivity index (χ0v) is 8.96. The van der Waals surface area contributed by atoms with Crippen LogP contribution in [-0.4, -0.2) is 22.0 Å². The van der Waals surface area contributed by atoms with Crippen molar-refractivity contribution < 1.29 is 14.7 Å². The Morgan fingerprint density at radius 2 is 2.21 bits per heavy atom. The Hall–Kier alpha value is -1.14. The average molecular weight is 279 g/mol. The number of rotatable bonds is 1. The second-order valence-electron chi connectivity index (χ2n) is 2.25. The first kappa shape index (κ1) is 10.9. The maximum absolute atomic E-state index is 10.8. The van der Waals surface area contributed by atoms with Crippen molar-refractivity contribution >= 4 is 45.1 Å². The number of carboxylic acid groups (broad SMARTS) is 1. The molecule has 1 heterocycles. The van der Waals surface area contributed by atoms with Crippen molar-refractivity contribution in [3.05, 3.63) is 21.9 Å². The quantitative estimate of drug-likeness (QED) is 0.603. The standard InChI is InChI=1S/C7H4BrClN2O3/c8-5-4(1-3(9)2-10-5)11-6(12)7(13)14/h1-2H,(H,11,12)(H,13,14). The van der Waals surface area contributed by atoms with E-state index < -0.39 is 11.9 Å². The Morgan fingerprint density at radius 1 is 1.57 bits per heavy atom. The second kappa shape index (κ2) is 4.39. The van der Waals surface area contributed by atoms with Crippen molar-refractivity contribution in [1.29, 1.82) is 0 Å². The Labute approximate surface area is 92.2 Å². The van der Waals surface area contributed by atoms with Crippen LogP contribution in [0, 0.1) is 0 Å². The summed E-state index contributed by atoms with van der Waals surface area (Å²) in [4.78, 5) is 24.8. The second-order valence-corrected chi connectivity index (χ2v) is 3.44. The van der Waals surface area contributed by atoms with Gasteiger partial charge in [-0.3, -0.25) is 4.79 Å². The van der Waals surface area contributed by atoms with Gasteiger partial charge in [0.05, 0.1) is 10.7 Å². The van der Waals surface area contributed by atoms with Crippen LogP contribution in [0.1, 0.15) is 0 Å². The molecule has 1 aromatic rings. The minimum Gasteiger partial charge on any atom is -0.474 e. The first-order valence-electron chi connectivity index (χ1n) is 3.36. The van der Waals surface area contributed by atoms with Gasteiger partial charge in [-0.15, -0.1) is 0 Å². The Balaban J connectivity index is 2.91. The van der Waals surface area contributed by atoms with Gasteiger partial charge in [0, 0.05) is 6.20 Å². The van der Waals surface area contributed by atoms with Crippen LogP contribution in [0.4, 0.5) is 5.69 Å². The third kappa shape index (κ3) is 2.68. The lowest BCUT2D eigenvalue weighted by Crippen LogP contribution is -2.22. The van der Waals surface area contributed by atoms with Gasteiger partial charge in [0.15, 0.2) is 0 Å². The topological polar surface area (TPSA) is 79.3 Å². The fraction of sp³-hybridized carbons (Fsp3) is 0. The molecule has 0 aliphatic rings. The molecule has 0 bridgehead atoms. The van der Waals surface area contributed by atoms with Gasteiger partial charge < -0.3 is 10.4 Å². The smallest absolute Gasteiger partial charge is 0.394 e. The number of nitrogens with one attached hydrogen (secondary N) is 1. The molecule has 74 valence electrons. The zero-order chi connectivity index (χ0) is 10.7. The number of aromatic nitrogens is 1. The minimum atomic E-state index is -1.57. The third-order valence-electron chi connectivity index (χ3n) is 1.25. The molecular weight excluding hydrogens is 275 g/mol. The van der Waals surface area contributed by atoms with E-state index in [1.807, 2.05) is 0 Å². The van der Waals surface area contributed by atoms with Gasteiger partial charge in [-0.1, -0.05) is 11.6 Å². The number of anilines is 1. The van der Waals surface area contributed by atoms with Crippen LogP contribution in [0.15, 0.2) is 16.9 Å². The van der Waals surface area contributed by atoms with Crippen LogP contribution in [0.3, 0.4) is 0 Å². The van der Waals surface area contributed by atoms with Gasteiger partial charge in [0.1, 0.15) is 4.60 Å². The van der Waals surface area contributed by atoms with E-state index in [4.69, 9.17) is 16.7 Å². The van der Waals surface area contributed by atoms with Crippen LogP contribution < -0.4 is 5.32 Å². The Morgan fingerprint density at radius 3 is 2.79 bits per heavy atom. The summed E-state index contributed by atoms with van der Waals surface area (Å²) in [6.07, 6.45) is 1.36. The fourth-order valence-electron chi connectivity index (χ4n) is 0.686. The molecule has 2 N–H and O–H groups in total. The van der Waals surface area contributed by atoms with Crippen LogP contribution in [0.25, 0.3) is 0 Å².